The first-order chi connectivity index (χ1) is 9.02. The topological polar surface area (TPSA) is 102 Å². The molecule has 3 N–H and O–H groups in total. The minimum absolute atomic E-state index is 0.0400. The standard InChI is InChI=1S/C12H16N4O3/c1-14-12(17)8-2-3-10(11(6-8)16(18)19)15-5-4-9(13)7-15/h2-3,6,9H,4-5,7,13H2,1H3,(H,14,17). The fourth-order valence-electron chi connectivity index (χ4n) is 2.23. The third-order valence-electron chi connectivity index (χ3n) is 3.23. The number of nitrogens with one attached hydrogen (secondary N) is 1. The summed E-state index contributed by atoms with van der Waals surface area (Å²) in [7, 11) is 1.49. The molecule has 0 bridgehead atoms. The highest BCUT2D eigenvalue weighted by atomic mass is 16.6. The molecule has 7 nitrogen and oxygen atoms in total. The fourth-order valence-corrected chi connectivity index (χ4v) is 2.23. The summed E-state index contributed by atoms with van der Waals surface area (Å²) in [5, 5.41) is 13.6. The molecule has 0 aromatic heterocycles. The van der Waals surface area contributed by atoms with Gasteiger partial charge in [-0.05, 0) is 18.6 Å². The van der Waals surface area contributed by atoms with E-state index in [9.17, 15) is 14.9 Å². The van der Waals surface area contributed by atoms with Crippen LogP contribution < -0.4 is 16.0 Å². The van der Waals surface area contributed by atoms with Gasteiger partial charge in [-0.2, -0.15) is 0 Å². The lowest BCUT2D eigenvalue weighted by Crippen LogP contribution is -2.27. The van der Waals surface area contributed by atoms with Gasteiger partial charge in [0.05, 0.1) is 4.92 Å². The molecule has 7 heteroatoms. The minimum Gasteiger partial charge on any atom is -0.364 e. The maximum Gasteiger partial charge on any atom is 0.293 e. The van der Waals surface area contributed by atoms with E-state index in [0.717, 1.165) is 6.42 Å². The molecular weight excluding hydrogens is 248 g/mol. The van der Waals surface area contributed by atoms with Crippen LogP contribution in [0.4, 0.5) is 11.4 Å². The van der Waals surface area contributed by atoms with Crippen molar-refractivity contribution in [2.75, 3.05) is 25.0 Å². The average Bonchev–Trinajstić information content (AvgIpc) is 2.83. The van der Waals surface area contributed by atoms with Crippen molar-refractivity contribution in [1.29, 1.82) is 0 Å². The van der Waals surface area contributed by atoms with Crippen LogP contribution in [0.15, 0.2) is 18.2 Å². The van der Waals surface area contributed by atoms with E-state index in [1.165, 1.54) is 13.1 Å². The van der Waals surface area contributed by atoms with Crippen LogP contribution in [-0.4, -0.2) is 37.0 Å². The molecule has 0 radical (unpaired) electrons. The summed E-state index contributed by atoms with van der Waals surface area (Å²) in [6.07, 6.45) is 0.814. The number of benzene rings is 1. The van der Waals surface area contributed by atoms with Gasteiger partial charge in [0.1, 0.15) is 5.69 Å². The second-order valence-corrected chi connectivity index (χ2v) is 4.53. The third-order valence-corrected chi connectivity index (χ3v) is 3.23. The largest absolute Gasteiger partial charge is 0.364 e. The van der Waals surface area contributed by atoms with Crippen molar-refractivity contribution in [3.63, 3.8) is 0 Å². The third kappa shape index (κ3) is 2.65. The van der Waals surface area contributed by atoms with Gasteiger partial charge in [-0.15, -0.1) is 0 Å². The molecule has 1 unspecified atom stereocenters. The van der Waals surface area contributed by atoms with Gasteiger partial charge in [0.25, 0.3) is 11.6 Å². The molecule has 1 aromatic carbocycles. The Morgan fingerprint density at radius 2 is 2.32 bits per heavy atom. The van der Waals surface area contributed by atoms with Crippen LogP contribution in [-0.2, 0) is 0 Å². The molecule has 1 aromatic rings. The van der Waals surface area contributed by atoms with E-state index in [4.69, 9.17) is 5.73 Å². The first-order valence-corrected chi connectivity index (χ1v) is 6.04. The summed E-state index contributed by atoms with van der Waals surface area (Å²) in [6.45, 7) is 1.29. The number of rotatable bonds is 3. The van der Waals surface area contributed by atoms with Gasteiger partial charge in [-0.3, -0.25) is 14.9 Å². The molecular formula is C12H16N4O3. The van der Waals surface area contributed by atoms with Gasteiger partial charge in [-0.1, -0.05) is 0 Å². The number of nitro benzene ring substituents is 1. The predicted molar refractivity (Wildman–Crippen MR) is 71.3 cm³/mol. The molecule has 1 saturated heterocycles. The van der Waals surface area contributed by atoms with Crippen LogP contribution >= 0.6 is 0 Å². The normalized spacial score (nSPS) is 18.4. The van der Waals surface area contributed by atoms with Gasteiger partial charge in [0.15, 0.2) is 0 Å². The van der Waals surface area contributed by atoms with Crippen molar-refractivity contribution in [3.8, 4) is 0 Å². The molecule has 0 aliphatic carbocycles. The van der Waals surface area contributed by atoms with Crippen LogP contribution in [0.2, 0.25) is 0 Å². The molecule has 102 valence electrons. The van der Waals surface area contributed by atoms with E-state index >= 15 is 0 Å². The molecule has 1 atom stereocenters. The molecule has 1 aliphatic rings. The average molecular weight is 264 g/mol. The molecule has 2 rings (SSSR count). The monoisotopic (exact) mass is 264 g/mol. The Bertz CT molecular complexity index is 518. The Kier molecular flexibility index (Phi) is 3.66. The van der Waals surface area contributed by atoms with E-state index in [1.54, 1.807) is 12.1 Å². The van der Waals surface area contributed by atoms with E-state index < -0.39 is 4.92 Å². The van der Waals surface area contributed by atoms with Crippen molar-refractivity contribution in [2.24, 2.45) is 5.73 Å². The van der Waals surface area contributed by atoms with Crippen LogP contribution in [0.25, 0.3) is 0 Å². The van der Waals surface area contributed by atoms with E-state index in [2.05, 4.69) is 5.32 Å². The summed E-state index contributed by atoms with van der Waals surface area (Å²) in [5.41, 5.74) is 6.55. The Hall–Kier alpha value is -2.15. The lowest BCUT2D eigenvalue weighted by Gasteiger charge is -2.18. The summed E-state index contributed by atoms with van der Waals surface area (Å²) >= 11 is 0. The van der Waals surface area contributed by atoms with E-state index in [-0.39, 0.29) is 23.2 Å². The number of nitrogens with zero attached hydrogens (tertiary/aromatic N) is 2. The van der Waals surface area contributed by atoms with Crippen molar-refractivity contribution >= 4 is 17.3 Å². The number of carbonyl (C=O) groups is 1. The second-order valence-electron chi connectivity index (χ2n) is 4.53. The minimum atomic E-state index is -0.467. The number of amides is 1. The fraction of sp³-hybridized carbons (Fsp3) is 0.417. The van der Waals surface area contributed by atoms with E-state index in [0.29, 0.717) is 18.8 Å². The Labute approximate surface area is 110 Å². The zero-order valence-corrected chi connectivity index (χ0v) is 10.6. The lowest BCUT2D eigenvalue weighted by molar-refractivity contribution is -0.384. The van der Waals surface area contributed by atoms with Crippen LogP contribution in [0.5, 0.6) is 0 Å². The first kappa shape index (κ1) is 13.3. The van der Waals surface area contributed by atoms with Crippen molar-refractivity contribution in [2.45, 2.75) is 12.5 Å². The van der Waals surface area contributed by atoms with Crippen molar-refractivity contribution in [1.82, 2.24) is 5.32 Å². The molecule has 1 fully saturated rings. The highest BCUT2D eigenvalue weighted by molar-refractivity contribution is 5.95. The van der Waals surface area contributed by atoms with Crippen LogP contribution in [0.1, 0.15) is 16.8 Å². The summed E-state index contributed by atoms with van der Waals surface area (Å²) in [4.78, 5) is 24.1. The molecule has 1 aliphatic heterocycles. The van der Waals surface area contributed by atoms with Gasteiger partial charge in [0.2, 0.25) is 0 Å². The molecule has 1 amide bonds. The maximum atomic E-state index is 11.5. The van der Waals surface area contributed by atoms with Gasteiger partial charge in [0, 0.05) is 37.8 Å². The Morgan fingerprint density at radius 1 is 1.58 bits per heavy atom. The first-order valence-electron chi connectivity index (χ1n) is 6.04. The molecule has 0 saturated carbocycles. The molecule has 1 heterocycles. The zero-order chi connectivity index (χ0) is 14.0. The summed E-state index contributed by atoms with van der Waals surface area (Å²) in [5.74, 6) is -0.340. The van der Waals surface area contributed by atoms with Gasteiger partial charge in [-0.25, -0.2) is 0 Å². The SMILES string of the molecule is CNC(=O)c1ccc(N2CCC(N)C2)c([N+](=O)[O-])c1. The molecule has 19 heavy (non-hydrogen) atoms. The van der Waals surface area contributed by atoms with Crippen LogP contribution in [0.3, 0.4) is 0 Å². The number of carbonyl (C=O) groups excluding carboxylic acids is 1. The quantitative estimate of drug-likeness (QED) is 0.611. The highest BCUT2D eigenvalue weighted by Crippen LogP contribution is 2.31. The summed E-state index contributed by atoms with van der Waals surface area (Å²) in [6, 6.07) is 4.54. The Balaban J connectivity index is 2.38. The lowest BCUT2D eigenvalue weighted by atomic mass is 10.1. The van der Waals surface area contributed by atoms with Crippen molar-refractivity contribution < 1.29 is 9.72 Å². The maximum absolute atomic E-state index is 11.5. The van der Waals surface area contributed by atoms with Crippen molar-refractivity contribution in [3.05, 3.63) is 33.9 Å². The number of anilines is 1. The number of nitrogens with two attached hydrogens (primary N) is 1. The van der Waals surface area contributed by atoms with Gasteiger partial charge < -0.3 is 16.0 Å². The number of nitro groups is 1. The van der Waals surface area contributed by atoms with E-state index in [1.807, 2.05) is 4.90 Å². The number of hydrogen-bond acceptors (Lipinski definition) is 5. The second kappa shape index (κ2) is 5.23. The summed E-state index contributed by atoms with van der Waals surface area (Å²) < 4.78 is 0. The van der Waals surface area contributed by atoms with Gasteiger partial charge >= 0.3 is 0 Å². The smallest absolute Gasteiger partial charge is 0.293 e. The zero-order valence-electron chi connectivity index (χ0n) is 10.6. The Morgan fingerprint density at radius 3 is 2.84 bits per heavy atom. The predicted octanol–water partition coefficient (Wildman–Crippen LogP) is 0.492. The molecule has 0 spiro atoms. The number of hydrogen-bond donors (Lipinski definition) is 2. The van der Waals surface area contributed by atoms with Crippen LogP contribution in [0, 0.1) is 10.1 Å². The highest BCUT2D eigenvalue weighted by Gasteiger charge is 2.26.